The molecule has 7 heteroatoms. The molecule has 0 unspecified atom stereocenters. The number of benzene rings is 2. The number of hydrogen-bond acceptors (Lipinski definition) is 5. The molecule has 2 aromatic carbocycles. The van der Waals surface area contributed by atoms with Crippen LogP contribution in [0.4, 0.5) is 11.4 Å². The van der Waals surface area contributed by atoms with Crippen molar-refractivity contribution in [1.29, 1.82) is 0 Å². The van der Waals surface area contributed by atoms with Crippen molar-refractivity contribution in [3.63, 3.8) is 0 Å². The van der Waals surface area contributed by atoms with Gasteiger partial charge < -0.3 is 9.64 Å². The van der Waals surface area contributed by atoms with Gasteiger partial charge in [-0.25, -0.2) is 0 Å². The molecule has 2 aromatic rings. The quantitative estimate of drug-likeness (QED) is 0.392. The third kappa shape index (κ3) is 3.79. The summed E-state index contributed by atoms with van der Waals surface area (Å²) in [6, 6.07) is 12.2. The van der Waals surface area contributed by atoms with E-state index in [9.17, 15) is 19.2 Å². The Morgan fingerprint density at radius 3 is 2.21 bits per heavy atom. The smallest absolute Gasteiger partial charge is 0.316 e. The summed E-state index contributed by atoms with van der Waals surface area (Å²) in [5.41, 5.74) is 3.43. The van der Waals surface area contributed by atoms with Crippen molar-refractivity contribution in [3.8, 4) is 5.75 Å². The molecular formula is C27H28N2O5. The highest BCUT2D eigenvalue weighted by molar-refractivity contribution is 6.22. The number of esters is 1. The fourth-order valence-corrected chi connectivity index (χ4v) is 5.41. The van der Waals surface area contributed by atoms with Crippen molar-refractivity contribution in [2.75, 3.05) is 16.3 Å². The maximum absolute atomic E-state index is 12.8. The Kier molecular flexibility index (Phi) is 5.71. The molecule has 5 rings (SSSR count). The number of fused-ring (bicyclic) bond motifs is 1. The molecule has 1 aliphatic carbocycles. The molecule has 0 spiro atoms. The Morgan fingerprint density at radius 1 is 0.912 bits per heavy atom. The molecule has 3 fully saturated rings. The molecule has 7 nitrogen and oxygen atoms in total. The van der Waals surface area contributed by atoms with E-state index in [2.05, 4.69) is 0 Å². The highest BCUT2D eigenvalue weighted by Gasteiger charge is 2.48. The molecule has 2 saturated heterocycles. The Morgan fingerprint density at radius 2 is 1.56 bits per heavy atom. The summed E-state index contributed by atoms with van der Waals surface area (Å²) in [6.07, 6.45) is 3.59. The fraction of sp³-hybridized carbons (Fsp3) is 0.407. The molecule has 176 valence electrons. The number of carbonyl (C=O) groups is 4. The second-order valence-electron chi connectivity index (χ2n) is 9.55. The van der Waals surface area contributed by atoms with Crippen molar-refractivity contribution < 1.29 is 23.9 Å². The van der Waals surface area contributed by atoms with E-state index in [1.54, 1.807) is 29.2 Å². The predicted molar refractivity (Wildman–Crippen MR) is 126 cm³/mol. The lowest BCUT2D eigenvalue weighted by Crippen LogP contribution is -2.30. The third-order valence-corrected chi connectivity index (χ3v) is 7.48. The first-order valence-electron chi connectivity index (χ1n) is 11.9. The molecule has 1 saturated carbocycles. The molecule has 34 heavy (non-hydrogen) atoms. The van der Waals surface area contributed by atoms with Crippen LogP contribution in [0.1, 0.15) is 43.2 Å². The Hall–Kier alpha value is -3.48. The zero-order valence-electron chi connectivity index (χ0n) is 19.5. The van der Waals surface area contributed by atoms with Crippen molar-refractivity contribution >= 4 is 35.1 Å². The number of ether oxygens (including phenoxy) is 1. The van der Waals surface area contributed by atoms with E-state index in [1.165, 1.54) is 4.90 Å². The summed E-state index contributed by atoms with van der Waals surface area (Å²) in [5.74, 6) is -1.48. The van der Waals surface area contributed by atoms with Gasteiger partial charge >= 0.3 is 5.97 Å². The van der Waals surface area contributed by atoms with Crippen LogP contribution in [0, 0.1) is 31.6 Å². The first-order valence-corrected chi connectivity index (χ1v) is 11.9. The monoisotopic (exact) mass is 460 g/mol. The standard InChI is InChI=1S/C27H28N2O5/c1-16-6-5-9-23(17(16)2)28-15-18(14-24(28)30)27(33)34-20-12-10-19(11-13-20)29-25(31)21-7-3-4-8-22(21)26(29)32/h5-6,9-13,18,21-22H,3-4,7-8,14-15H2,1-2H3/t18-,21-,22+/m1/s1. The minimum absolute atomic E-state index is 0.0986. The van der Waals surface area contributed by atoms with E-state index >= 15 is 0 Å². The van der Waals surface area contributed by atoms with Gasteiger partial charge in [0.1, 0.15) is 5.75 Å². The van der Waals surface area contributed by atoms with Gasteiger partial charge in [-0.2, -0.15) is 0 Å². The number of carbonyl (C=O) groups excluding carboxylic acids is 4. The second kappa shape index (κ2) is 8.70. The highest BCUT2D eigenvalue weighted by Crippen LogP contribution is 2.40. The van der Waals surface area contributed by atoms with Gasteiger partial charge in [0.25, 0.3) is 0 Å². The van der Waals surface area contributed by atoms with Crippen molar-refractivity contribution in [2.24, 2.45) is 17.8 Å². The molecule has 2 heterocycles. The van der Waals surface area contributed by atoms with Gasteiger partial charge in [0.15, 0.2) is 0 Å². The molecule has 0 aromatic heterocycles. The number of nitrogens with zero attached hydrogens (tertiary/aromatic N) is 2. The van der Waals surface area contributed by atoms with E-state index < -0.39 is 11.9 Å². The van der Waals surface area contributed by atoms with Crippen molar-refractivity contribution in [1.82, 2.24) is 0 Å². The largest absolute Gasteiger partial charge is 0.426 e. The molecule has 3 aliphatic rings. The summed E-state index contributed by atoms with van der Waals surface area (Å²) in [7, 11) is 0. The van der Waals surface area contributed by atoms with Gasteiger partial charge in [-0.15, -0.1) is 0 Å². The van der Waals surface area contributed by atoms with Crippen LogP contribution in [-0.4, -0.2) is 30.2 Å². The first kappa shape index (κ1) is 22.3. The number of rotatable bonds is 4. The average molecular weight is 461 g/mol. The van der Waals surface area contributed by atoms with Gasteiger partial charge in [0.05, 0.1) is 23.4 Å². The molecule has 2 aliphatic heterocycles. The maximum Gasteiger partial charge on any atom is 0.316 e. The van der Waals surface area contributed by atoms with E-state index in [1.807, 2.05) is 32.0 Å². The second-order valence-corrected chi connectivity index (χ2v) is 9.55. The van der Waals surface area contributed by atoms with Gasteiger partial charge in [0, 0.05) is 18.7 Å². The van der Waals surface area contributed by atoms with E-state index in [4.69, 9.17) is 4.74 Å². The van der Waals surface area contributed by atoms with Crippen LogP contribution in [0.2, 0.25) is 0 Å². The average Bonchev–Trinajstić information content (AvgIpc) is 3.34. The lowest BCUT2D eigenvalue weighted by Gasteiger charge is -2.20. The van der Waals surface area contributed by atoms with Crippen molar-refractivity contribution in [2.45, 2.75) is 46.0 Å². The molecule has 0 bridgehead atoms. The lowest BCUT2D eigenvalue weighted by molar-refractivity contribution is -0.139. The minimum atomic E-state index is -0.558. The molecule has 0 radical (unpaired) electrons. The van der Waals surface area contributed by atoms with E-state index in [0.717, 1.165) is 42.5 Å². The van der Waals surface area contributed by atoms with Gasteiger partial charge in [-0.3, -0.25) is 24.1 Å². The number of imide groups is 1. The van der Waals surface area contributed by atoms with E-state index in [-0.39, 0.29) is 42.5 Å². The normalized spacial score (nSPS) is 24.5. The van der Waals surface area contributed by atoms with E-state index in [0.29, 0.717) is 11.4 Å². The van der Waals surface area contributed by atoms with Crippen LogP contribution in [0.25, 0.3) is 0 Å². The molecule has 3 amide bonds. The summed E-state index contributed by atoms with van der Waals surface area (Å²) >= 11 is 0. The van der Waals surface area contributed by atoms with Gasteiger partial charge in [0.2, 0.25) is 17.7 Å². The molecule has 0 N–H and O–H groups in total. The summed E-state index contributed by atoms with van der Waals surface area (Å²) < 4.78 is 5.54. The number of amides is 3. The van der Waals surface area contributed by atoms with Crippen LogP contribution < -0.4 is 14.5 Å². The summed E-state index contributed by atoms with van der Waals surface area (Å²) in [5, 5.41) is 0. The number of hydrogen-bond donors (Lipinski definition) is 0. The SMILES string of the molecule is Cc1cccc(N2C[C@H](C(=O)Oc3ccc(N4C(=O)[C@H]5CCCC[C@H]5C4=O)cc3)CC2=O)c1C. The van der Waals surface area contributed by atoms with Crippen molar-refractivity contribution in [3.05, 3.63) is 53.6 Å². The van der Waals surface area contributed by atoms with Crippen LogP contribution >= 0.6 is 0 Å². The lowest BCUT2D eigenvalue weighted by atomic mass is 9.81. The van der Waals surface area contributed by atoms with Crippen LogP contribution in [-0.2, 0) is 19.2 Å². The summed E-state index contributed by atoms with van der Waals surface area (Å²) in [4.78, 5) is 53.9. The fourth-order valence-electron chi connectivity index (χ4n) is 5.41. The highest BCUT2D eigenvalue weighted by atomic mass is 16.5. The Labute approximate surface area is 198 Å². The zero-order valence-corrected chi connectivity index (χ0v) is 19.5. The predicted octanol–water partition coefficient (Wildman–Crippen LogP) is 3.94. The molecule has 3 atom stereocenters. The maximum atomic E-state index is 12.8. The van der Waals surface area contributed by atoms with Crippen LogP contribution in [0.3, 0.4) is 0 Å². The van der Waals surface area contributed by atoms with Crippen LogP contribution in [0.15, 0.2) is 42.5 Å². The van der Waals surface area contributed by atoms with Crippen LogP contribution in [0.5, 0.6) is 5.75 Å². The first-order chi connectivity index (χ1) is 16.3. The zero-order chi connectivity index (χ0) is 24.0. The summed E-state index contributed by atoms with van der Waals surface area (Å²) in [6.45, 7) is 4.24. The number of anilines is 2. The topological polar surface area (TPSA) is 84.0 Å². The number of aryl methyl sites for hydroxylation is 1. The van der Waals surface area contributed by atoms with Gasteiger partial charge in [-0.05, 0) is 68.1 Å². The minimum Gasteiger partial charge on any atom is -0.426 e. The third-order valence-electron chi connectivity index (χ3n) is 7.48. The Bertz CT molecular complexity index is 1150. The molecular weight excluding hydrogens is 432 g/mol. The Balaban J connectivity index is 1.25. The van der Waals surface area contributed by atoms with Gasteiger partial charge in [-0.1, -0.05) is 25.0 Å².